The van der Waals surface area contributed by atoms with Crippen LogP contribution in [0.3, 0.4) is 0 Å². The van der Waals surface area contributed by atoms with Crippen molar-refractivity contribution in [3.05, 3.63) is 48.0 Å². The average Bonchev–Trinajstić information content (AvgIpc) is 2.54. The van der Waals surface area contributed by atoms with Crippen molar-refractivity contribution in [3.63, 3.8) is 0 Å². The summed E-state index contributed by atoms with van der Waals surface area (Å²) in [5, 5.41) is 5.35. The summed E-state index contributed by atoms with van der Waals surface area (Å²) in [6.07, 6.45) is -0.297. The first kappa shape index (κ1) is 17.3. The number of hydrogen-bond acceptors (Lipinski definition) is 4. The number of benzene rings is 2. The average molecular weight is 328 g/mol. The molecule has 0 heterocycles. The second kappa shape index (κ2) is 8.01. The van der Waals surface area contributed by atoms with Gasteiger partial charge in [-0.3, -0.25) is 9.59 Å². The quantitative estimate of drug-likeness (QED) is 0.799. The largest absolute Gasteiger partial charge is 0.497 e. The van der Waals surface area contributed by atoms with Gasteiger partial charge in [0.05, 0.1) is 19.9 Å². The molecule has 0 unspecified atom stereocenters. The lowest BCUT2D eigenvalue weighted by molar-refractivity contribution is -0.123. The lowest BCUT2D eigenvalue weighted by Gasteiger charge is -2.12. The molecule has 0 bridgehead atoms. The smallest absolute Gasteiger partial charge is 0.233 e. The molecule has 0 atom stereocenters. The van der Waals surface area contributed by atoms with Gasteiger partial charge in [0.25, 0.3) is 0 Å². The Morgan fingerprint density at radius 1 is 0.958 bits per heavy atom. The SMILES string of the molecule is COc1ccc(OC)c(NC(=O)CC(=O)Nc2cccc(C)c2)c1. The summed E-state index contributed by atoms with van der Waals surface area (Å²) in [5.41, 5.74) is 2.13. The number of amides is 2. The molecular formula is C18H20N2O4. The first-order valence-corrected chi connectivity index (χ1v) is 7.40. The summed E-state index contributed by atoms with van der Waals surface area (Å²) in [7, 11) is 3.03. The molecule has 0 saturated carbocycles. The summed E-state index contributed by atoms with van der Waals surface area (Å²) in [5.74, 6) is 0.241. The van der Waals surface area contributed by atoms with Crippen LogP contribution in [-0.2, 0) is 9.59 Å². The Kier molecular flexibility index (Phi) is 5.78. The van der Waals surface area contributed by atoms with Crippen LogP contribution < -0.4 is 20.1 Å². The minimum Gasteiger partial charge on any atom is -0.497 e. The molecule has 2 rings (SSSR count). The van der Waals surface area contributed by atoms with E-state index in [4.69, 9.17) is 9.47 Å². The Balaban J connectivity index is 1.99. The van der Waals surface area contributed by atoms with E-state index >= 15 is 0 Å². The maximum atomic E-state index is 12.1. The molecule has 0 aliphatic heterocycles. The van der Waals surface area contributed by atoms with Gasteiger partial charge in [-0.1, -0.05) is 12.1 Å². The Bertz CT molecular complexity index is 744. The van der Waals surface area contributed by atoms with Gasteiger partial charge in [-0.05, 0) is 36.8 Å². The monoisotopic (exact) mass is 328 g/mol. The van der Waals surface area contributed by atoms with Crippen molar-refractivity contribution in [2.24, 2.45) is 0 Å². The van der Waals surface area contributed by atoms with Crippen LogP contribution in [0.5, 0.6) is 11.5 Å². The van der Waals surface area contributed by atoms with Crippen LogP contribution >= 0.6 is 0 Å². The molecule has 2 aromatic rings. The molecule has 0 aliphatic rings. The normalized spacial score (nSPS) is 9.96. The highest BCUT2D eigenvalue weighted by atomic mass is 16.5. The number of carbonyl (C=O) groups is 2. The zero-order chi connectivity index (χ0) is 17.5. The number of hydrogen-bond donors (Lipinski definition) is 2. The lowest BCUT2D eigenvalue weighted by atomic mass is 10.2. The van der Waals surface area contributed by atoms with Gasteiger partial charge >= 0.3 is 0 Å². The summed E-state index contributed by atoms with van der Waals surface area (Å²) in [4.78, 5) is 24.1. The molecule has 6 heteroatoms. The van der Waals surface area contributed by atoms with Crippen molar-refractivity contribution >= 4 is 23.2 Å². The van der Waals surface area contributed by atoms with Crippen LogP contribution in [0.4, 0.5) is 11.4 Å². The summed E-state index contributed by atoms with van der Waals surface area (Å²) >= 11 is 0. The second-order valence-corrected chi connectivity index (χ2v) is 5.21. The van der Waals surface area contributed by atoms with Crippen molar-refractivity contribution in [1.82, 2.24) is 0 Å². The van der Waals surface area contributed by atoms with Crippen LogP contribution in [-0.4, -0.2) is 26.0 Å². The topological polar surface area (TPSA) is 76.7 Å². The first-order valence-electron chi connectivity index (χ1n) is 7.40. The minimum atomic E-state index is -0.438. The molecule has 0 aliphatic carbocycles. The van der Waals surface area contributed by atoms with E-state index < -0.39 is 5.91 Å². The fourth-order valence-electron chi connectivity index (χ4n) is 2.18. The van der Waals surface area contributed by atoms with E-state index in [1.54, 1.807) is 24.3 Å². The van der Waals surface area contributed by atoms with E-state index in [1.165, 1.54) is 14.2 Å². The van der Waals surface area contributed by atoms with Crippen molar-refractivity contribution in [1.29, 1.82) is 0 Å². The Labute approximate surface area is 140 Å². The molecule has 126 valence electrons. The summed E-state index contributed by atoms with van der Waals surface area (Å²) in [6.45, 7) is 1.93. The van der Waals surface area contributed by atoms with E-state index in [2.05, 4.69) is 10.6 Å². The van der Waals surface area contributed by atoms with E-state index in [-0.39, 0.29) is 12.3 Å². The van der Waals surface area contributed by atoms with Crippen molar-refractivity contribution < 1.29 is 19.1 Å². The number of methoxy groups -OCH3 is 2. The fraction of sp³-hybridized carbons (Fsp3) is 0.222. The van der Waals surface area contributed by atoms with Crippen LogP contribution in [0.1, 0.15) is 12.0 Å². The van der Waals surface area contributed by atoms with Gasteiger partial charge in [-0.15, -0.1) is 0 Å². The molecule has 2 aromatic carbocycles. The number of rotatable bonds is 6. The van der Waals surface area contributed by atoms with Crippen LogP contribution in [0, 0.1) is 6.92 Å². The van der Waals surface area contributed by atoms with Gasteiger partial charge in [0, 0.05) is 11.8 Å². The third kappa shape index (κ3) is 4.74. The zero-order valence-corrected chi connectivity index (χ0v) is 13.9. The van der Waals surface area contributed by atoms with Crippen molar-refractivity contribution in [2.75, 3.05) is 24.9 Å². The highest BCUT2D eigenvalue weighted by Gasteiger charge is 2.13. The van der Waals surface area contributed by atoms with Gasteiger partial charge in [-0.2, -0.15) is 0 Å². The molecule has 6 nitrogen and oxygen atoms in total. The van der Waals surface area contributed by atoms with E-state index in [1.807, 2.05) is 25.1 Å². The third-order valence-corrected chi connectivity index (χ3v) is 3.30. The summed E-state index contributed by atoms with van der Waals surface area (Å²) in [6, 6.07) is 12.4. The van der Waals surface area contributed by atoms with Gasteiger partial charge < -0.3 is 20.1 Å². The van der Waals surface area contributed by atoms with Crippen molar-refractivity contribution in [3.8, 4) is 11.5 Å². The van der Waals surface area contributed by atoms with Gasteiger partial charge in [0.2, 0.25) is 11.8 Å². The predicted molar refractivity (Wildman–Crippen MR) is 92.6 cm³/mol. The zero-order valence-electron chi connectivity index (χ0n) is 13.9. The maximum Gasteiger partial charge on any atom is 0.233 e. The number of aryl methyl sites for hydroxylation is 1. The first-order chi connectivity index (χ1) is 11.5. The predicted octanol–water partition coefficient (Wildman–Crippen LogP) is 2.98. The summed E-state index contributed by atoms with van der Waals surface area (Å²) < 4.78 is 10.3. The number of nitrogens with one attached hydrogen (secondary N) is 2. The van der Waals surface area contributed by atoms with Crippen LogP contribution in [0.15, 0.2) is 42.5 Å². The Morgan fingerprint density at radius 3 is 2.38 bits per heavy atom. The number of anilines is 2. The van der Waals surface area contributed by atoms with E-state index in [0.717, 1.165) is 5.56 Å². The van der Waals surface area contributed by atoms with E-state index in [9.17, 15) is 9.59 Å². The van der Waals surface area contributed by atoms with Crippen molar-refractivity contribution in [2.45, 2.75) is 13.3 Å². The van der Waals surface area contributed by atoms with Gasteiger partial charge in [0.15, 0.2) is 0 Å². The van der Waals surface area contributed by atoms with Crippen LogP contribution in [0.2, 0.25) is 0 Å². The van der Waals surface area contributed by atoms with E-state index in [0.29, 0.717) is 22.9 Å². The molecule has 0 spiro atoms. The minimum absolute atomic E-state index is 0.297. The molecule has 0 radical (unpaired) electrons. The maximum absolute atomic E-state index is 12.1. The molecular weight excluding hydrogens is 308 g/mol. The molecule has 2 amide bonds. The Hall–Kier alpha value is -3.02. The highest BCUT2D eigenvalue weighted by molar-refractivity contribution is 6.08. The Morgan fingerprint density at radius 2 is 1.71 bits per heavy atom. The van der Waals surface area contributed by atoms with Gasteiger partial charge in [0.1, 0.15) is 17.9 Å². The van der Waals surface area contributed by atoms with Gasteiger partial charge in [-0.25, -0.2) is 0 Å². The fourth-order valence-corrected chi connectivity index (χ4v) is 2.18. The molecule has 0 fully saturated rings. The number of carbonyl (C=O) groups excluding carboxylic acids is 2. The standard InChI is InChI=1S/C18H20N2O4/c1-12-5-4-6-13(9-12)19-17(21)11-18(22)20-15-10-14(23-2)7-8-16(15)24-3/h4-10H,11H2,1-3H3,(H,19,21)(H,20,22). The number of ether oxygens (including phenoxy) is 2. The highest BCUT2D eigenvalue weighted by Crippen LogP contribution is 2.28. The molecule has 2 N–H and O–H groups in total. The third-order valence-electron chi connectivity index (χ3n) is 3.30. The molecule has 0 saturated heterocycles. The molecule has 24 heavy (non-hydrogen) atoms. The van der Waals surface area contributed by atoms with Crippen LogP contribution in [0.25, 0.3) is 0 Å². The lowest BCUT2D eigenvalue weighted by Crippen LogP contribution is -2.21. The molecule has 0 aromatic heterocycles. The second-order valence-electron chi connectivity index (χ2n) is 5.21.